The van der Waals surface area contributed by atoms with Crippen LogP contribution in [0, 0.1) is 0 Å². The summed E-state index contributed by atoms with van der Waals surface area (Å²) in [7, 11) is 0. The molecule has 0 spiro atoms. The quantitative estimate of drug-likeness (QED) is 0.671. The molecule has 0 aromatic heterocycles. The first-order chi connectivity index (χ1) is 5.73. The summed E-state index contributed by atoms with van der Waals surface area (Å²) < 4.78 is 5.30. The molecule has 0 radical (unpaired) electrons. The largest absolute Gasteiger partial charge is 0.379 e. The van der Waals surface area contributed by atoms with Crippen molar-refractivity contribution >= 4 is 0 Å². The molecule has 1 atom stereocenters. The van der Waals surface area contributed by atoms with Crippen LogP contribution in [0.3, 0.4) is 0 Å². The van der Waals surface area contributed by atoms with Gasteiger partial charge in [0, 0.05) is 25.2 Å². The Kier molecular flexibility index (Phi) is 3.50. The minimum atomic E-state index is 0.184. The van der Waals surface area contributed by atoms with E-state index in [2.05, 4.69) is 18.7 Å². The Balaban J connectivity index is 2.51. The fraction of sp³-hybridized carbons (Fsp3) is 1.00. The molecule has 12 heavy (non-hydrogen) atoms. The average molecular weight is 172 g/mol. The van der Waals surface area contributed by atoms with E-state index in [1.54, 1.807) is 0 Å². The van der Waals surface area contributed by atoms with E-state index in [-0.39, 0.29) is 5.54 Å². The molecular formula is C9H20N2O. The van der Waals surface area contributed by atoms with Crippen molar-refractivity contribution in [1.82, 2.24) is 4.90 Å². The van der Waals surface area contributed by atoms with Crippen LogP contribution in [0.15, 0.2) is 0 Å². The number of hydrogen-bond donors (Lipinski definition) is 1. The summed E-state index contributed by atoms with van der Waals surface area (Å²) >= 11 is 0. The fourth-order valence-corrected chi connectivity index (χ4v) is 1.60. The number of hydrogen-bond acceptors (Lipinski definition) is 3. The molecule has 3 nitrogen and oxygen atoms in total. The van der Waals surface area contributed by atoms with Crippen molar-refractivity contribution in [2.45, 2.75) is 25.8 Å². The normalized spacial score (nSPS) is 25.2. The van der Waals surface area contributed by atoms with Crippen molar-refractivity contribution < 1.29 is 4.74 Å². The van der Waals surface area contributed by atoms with Crippen molar-refractivity contribution in [2.24, 2.45) is 5.73 Å². The van der Waals surface area contributed by atoms with Crippen LogP contribution in [-0.4, -0.2) is 43.3 Å². The highest BCUT2D eigenvalue weighted by Gasteiger charge is 2.29. The van der Waals surface area contributed by atoms with Gasteiger partial charge in [-0.25, -0.2) is 0 Å². The van der Waals surface area contributed by atoms with Gasteiger partial charge in [-0.1, -0.05) is 6.92 Å². The first-order valence-electron chi connectivity index (χ1n) is 4.76. The summed E-state index contributed by atoms with van der Waals surface area (Å²) in [4.78, 5) is 2.44. The number of ether oxygens (including phenoxy) is 1. The van der Waals surface area contributed by atoms with Gasteiger partial charge in [-0.3, -0.25) is 4.90 Å². The molecule has 1 heterocycles. The number of rotatable bonds is 3. The van der Waals surface area contributed by atoms with E-state index >= 15 is 0 Å². The van der Waals surface area contributed by atoms with Crippen LogP contribution in [0.25, 0.3) is 0 Å². The minimum Gasteiger partial charge on any atom is -0.379 e. The van der Waals surface area contributed by atoms with Gasteiger partial charge < -0.3 is 10.5 Å². The van der Waals surface area contributed by atoms with Gasteiger partial charge in [-0.15, -0.1) is 0 Å². The molecule has 2 N–H and O–H groups in total. The number of nitrogens with two attached hydrogens (primary N) is 1. The monoisotopic (exact) mass is 172 g/mol. The Morgan fingerprint density at radius 1 is 1.42 bits per heavy atom. The third kappa shape index (κ3) is 1.97. The van der Waals surface area contributed by atoms with Gasteiger partial charge in [-0.2, -0.15) is 0 Å². The summed E-state index contributed by atoms with van der Waals surface area (Å²) in [5.74, 6) is 0. The highest BCUT2D eigenvalue weighted by molar-refractivity contribution is 4.86. The third-order valence-electron chi connectivity index (χ3n) is 2.98. The third-order valence-corrected chi connectivity index (χ3v) is 2.98. The summed E-state index contributed by atoms with van der Waals surface area (Å²) in [5, 5.41) is 0. The smallest absolute Gasteiger partial charge is 0.0594 e. The van der Waals surface area contributed by atoms with Crippen LogP contribution >= 0.6 is 0 Å². The molecule has 1 rings (SSSR count). The second-order valence-electron chi connectivity index (χ2n) is 3.65. The molecule has 1 saturated heterocycles. The summed E-state index contributed by atoms with van der Waals surface area (Å²) in [6, 6.07) is 0. The molecule has 0 aromatic rings. The summed E-state index contributed by atoms with van der Waals surface area (Å²) in [6.45, 7) is 8.94. The lowest BCUT2D eigenvalue weighted by molar-refractivity contribution is -0.0145. The molecule has 3 heteroatoms. The second kappa shape index (κ2) is 4.21. The molecule has 72 valence electrons. The topological polar surface area (TPSA) is 38.5 Å². The van der Waals surface area contributed by atoms with E-state index in [0.717, 1.165) is 39.3 Å². The first kappa shape index (κ1) is 9.96. The van der Waals surface area contributed by atoms with Crippen LogP contribution in [0.5, 0.6) is 0 Å². The van der Waals surface area contributed by atoms with Gasteiger partial charge in [0.05, 0.1) is 13.2 Å². The van der Waals surface area contributed by atoms with E-state index < -0.39 is 0 Å². The standard InChI is InChI=1S/C9H20N2O/c1-3-9(2,8-10)11-4-6-12-7-5-11/h3-8,10H2,1-2H3. The highest BCUT2D eigenvalue weighted by atomic mass is 16.5. The zero-order valence-electron chi connectivity index (χ0n) is 8.18. The van der Waals surface area contributed by atoms with E-state index in [1.807, 2.05) is 0 Å². The van der Waals surface area contributed by atoms with Gasteiger partial charge in [0.2, 0.25) is 0 Å². The van der Waals surface area contributed by atoms with Crippen molar-refractivity contribution in [3.8, 4) is 0 Å². The molecule has 0 amide bonds. The van der Waals surface area contributed by atoms with E-state index in [4.69, 9.17) is 10.5 Å². The molecule has 1 fully saturated rings. The summed E-state index contributed by atoms with van der Waals surface area (Å²) in [6.07, 6.45) is 1.11. The van der Waals surface area contributed by atoms with Crippen LogP contribution in [0.1, 0.15) is 20.3 Å². The lowest BCUT2D eigenvalue weighted by Crippen LogP contribution is -2.55. The lowest BCUT2D eigenvalue weighted by Gasteiger charge is -2.42. The van der Waals surface area contributed by atoms with Crippen molar-refractivity contribution in [3.05, 3.63) is 0 Å². The summed E-state index contributed by atoms with van der Waals surface area (Å²) in [5.41, 5.74) is 5.95. The van der Waals surface area contributed by atoms with Gasteiger partial charge >= 0.3 is 0 Å². The van der Waals surface area contributed by atoms with Crippen LogP contribution in [0.2, 0.25) is 0 Å². The maximum absolute atomic E-state index is 5.77. The Morgan fingerprint density at radius 3 is 2.42 bits per heavy atom. The Hall–Kier alpha value is -0.120. The van der Waals surface area contributed by atoms with Crippen LogP contribution < -0.4 is 5.73 Å². The molecule has 0 aliphatic carbocycles. The van der Waals surface area contributed by atoms with Crippen LogP contribution in [-0.2, 0) is 4.74 Å². The SMILES string of the molecule is CCC(C)(CN)N1CCOCC1. The first-order valence-corrected chi connectivity index (χ1v) is 4.76. The maximum atomic E-state index is 5.77. The zero-order chi connectivity index (χ0) is 9.03. The number of nitrogens with zero attached hydrogens (tertiary/aromatic N) is 1. The molecule has 1 unspecified atom stereocenters. The predicted molar refractivity (Wildman–Crippen MR) is 50.1 cm³/mol. The average Bonchev–Trinajstić information content (AvgIpc) is 2.18. The second-order valence-corrected chi connectivity index (χ2v) is 3.65. The van der Waals surface area contributed by atoms with Gasteiger partial charge in [-0.05, 0) is 13.3 Å². The highest BCUT2D eigenvalue weighted by Crippen LogP contribution is 2.18. The van der Waals surface area contributed by atoms with Crippen molar-refractivity contribution in [1.29, 1.82) is 0 Å². The zero-order valence-corrected chi connectivity index (χ0v) is 8.18. The van der Waals surface area contributed by atoms with E-state index in [9.17, 15) is 0 Å². The predicted octanol–water partition coefficient (Wildman–Crippen LogP) is 0.446. The van der Waals surface area contributed by atoms with E-state index in [1.165, 1.54) is 0 Å². The maximum Gasteiger partial charge on any atom is 0.0594 e. The Labute approximate surface area is 74.9 Å². The molecule has 1 aliphatic rings. The Morgan fingerprint density at radius 2 is 2.00 bits per heavy atom. The fourth-order valence-electron chi connectivity index (χ4n) is 1.60. The van der Waals surface area contributed by atoms with Crippen molar-refractivity contribution in [2.75, 3.05) is 32.8 Å². The van der Waals surface area contributed by atoms with Crippen molar-refractivity contribution in [3.63, 3.8) is 0 Å². The van der Waals surface area contributed by atoms with E-state index in [0.29, 0.717) is 0 Å². The molecule has 1 aliphatic heterocycles. The molecule has 0 bridgehead atoms. The molecule has 0 aromatic carbocycles. The van der Waals surface area contributed by atoms with Gasteiger partial charge in [0.15, 0.2) is 0 Å². The number of morpholine rings is 1. The van der Waals surface area contributed by atoms with Crippen LogP contribution in [0.4, 0.5) is 0 Å². The van der Waals surface area contributed by atoms with Gasteiger partial charge in [0.1, 0.15) is 0 Å². The lowest BCUT2D eigenvalue weighted by atomic mass is 9.96. The minimum absolute atomic E-state index is 0.184. The van der Waals surface area contributed by atoms with Gasteiger partial charge in [0.25, 0.3) is 0 Å². The Bertz CT molecular complexity index is 128. The molecular weight excluding hydrogens is 152 g/mol. The molecule has 0 saturated carbocycles.